The Bertz CT molecular complexity index is 973. The Balaban J connectivity index is 2.17. The van der Waals surface area contributed by atoms with Gasteiger partial charge in [-0.3, -0.25) is 5.10 Å². The number of hydrogen-bond acceptors (Lipinski definition) is 4. The van der Waals surface area contributed by atoms with Crippen LogP contribution in [0.4, 0.5) is 0 Å². The van der Waals surface area contributed by atoms with Crippen molar-refractivity contribution in [1.82, 2.24) is 15.2 Å². The van der Waals surface area contributed by atoms with Gasteiger partial charge in [0.2, 0.25) is 0 Å². The van der Waals surface area contributed by atoms with Crippen LogP contribution in [0.1, 0.15) is 9.67 Å². The highest BCUT2D eigenvalue weighted by atomic mass is 32.1. The van der Waals surface area contributed by atoms with Crippen molar-refractivity contribution in [2.45, 2.75) is 0 Å². The highest BCUT2D eigenvalue weighted by Crippen LogP contribution is 2.40. The van der Waals surface area contributed by atoms with Crippen molar-refractivity contribution in [3.63, 3.8) is 0 Å². The first kappa shape index (κ1) is 12.0. The largest absolute Gasteiger partial charge is 0.477 e. The normalized spacial score (nSPS) is 11.2. The van der Waals surface area contributed by atoms with Gasteiger partial charge in [-0.2, -0.15) is 5.10 Å². The third kappa shape index (κ3) is 1.73. The fraction of sp³-hybridized carbons (Fsp3) is 0. The average molecular weight is 295 g/mol. The van der Waals surface area contributed by atoms with E-state index in [2.05, 4.69) is 15.2 Å². The number of aromatic nitrogens is 3. The molecule has 1 aromatic carbocycles. The number of aromatic carboxylic acids is 1. The molecule has 21 heavy (non-hydrogen) atoms. The van der Waals surface area contributed by atoms with E-state index in [0.717, 1.165) is 26.6 Å². The second-order valence-electron chi connectivity index (χ2n) is 4.61. The molecule has 0 aliphatic carbocycles. The number of pyridine rings is 1. The summed E-state index contributed by atoms with van der Waals surface area (Å²) < 4.78 is 0.894. The first-order valence-corrected chi connectivity index (χ1v) is 7.10. The van der Waals surface area contributed by atoms with Gasteiger partial charge in [-0.1, -0.05) is 30.3 Å². The number of fused-ring (bicyclic) bond motifs is 3. The molecule has 0 saturated carbocycles. The number of hydrogen-bond donors (Lipinski definition) is 2. The molecule has 2 N–H and O–H groups in total. The lowest BCUT2D eigenvalue weighted by atomic mass is 10.0. The molecule has 0 aliphatic rings. The summed E-state index contributed by atoms with van der Waals surface area (Å²) in [5.74, 6) is -0.924. The minimum atomic E-state index is -0.924. The van der Waals surface area contributed by atoms with Gasteiger partial charge in [-0.25, -0.2) is 9.78 Å². The fourth-order valence-corrected chi connectivity index (χ4v) is 3.63. The van der Waals surface area contributed by atoms with Crippen LogP contribution in [0.15, 0.2) is 42.7 Å². The number of thiophene rings is 1. The van der Waals surface area contributed by atoms with E-state index in [4.69, 9.17) is 0 Å². The van der Waals surface area contributed by atoms with E-state index in [1.807, 2.05) is 30.3 Å². The predicted octanol–water partition coefficient (Wildman–Crippen LogP) is 3.54. The van der Waals surface area contributed by atoms with Crippen LogP contribution in [-0.2, 0) is 0 Å². The molecule has 0 fully saturated rings. The van der Waals surface area contributed by atoms with Crippen LogP contribution in [0, 0.1) is 0 Å². The van der Waals surface area contributed by atoms with Crippen LogP contribution in [-0.4, -0.2) is 26.3 Å². The number of carboxylic acids is 1. The van der Waals surface area contributed by atoms with Crippen molar-refractivity contribution in [1.29, 1.82) is 0 Å². The number of rotatable bonds is 2. The fourth-order valence-electron chi connectivity index (χ4n) is 2.48. The van der Waals surface area contributed by atoms with Crippen LogP contribution in [0.3, 0.4) is 0 Å². The molecule has 102 valence electrons. The Labute approximate surface area is 122 Å². The Morgan fingerprint density at radius 3 is 2.71 bits per heavy atom. The summed E-state index contributed by atoms with van der Waals surface area (Å²) in [6.07, 6.45) is 3.39. The maximum atomic E-state index is 11.6. The number of benzene rings is 1. The Hall–Kier alpha value is -2.73. The SMILES string of the molecule is O=C(O)c1sc2c(cnc3[nH]ncc32)c1-c1ccccc1. The minimum absolute atomic E-state index is 0.326. The summed E-state index contributed by atoms with van der Waals surface area (Å²) in [7, 11) is 0. The molecule has 0 aliphatic heterocycles. The molecule has 0 bridgehead atoms. The molecule has 0 atom stereocenters. The number of nitrogens with one attached hydrogen (secondary N) is 1. The summed E-state index contributed by atoms with van der Waals surface area (Å²) >= 11 is 1.26. The van der Waals surface area contributed by atoms with Gasteiger partial charge in [0.25, 0.3) is 0 Å². The Morgan fingerprint density at radius 2 is 1.95 bits per heavy atom. The maximum absolute atomic E-state index is 11.6. The number of nitrogens with zero attached hydrogens (tertiary/aromatic N) is 2. The lowest BCUT2D eigenvalue weighted by Gasteiger charge is -2.01. The van der Waals surface area contributed by atoms with Gasteiger partial charge < -0.3 is 5.11 Å². The first-order chi connectivity index (χ1) is 10.3. The van der Waals surface area contributed by atoms with E-state index in [0.29, 0.717) is 10.5 Å². The van der Waals surface area contributed by atoms with Crippen LogP contribution in [0.2, 0.25) is 0 Å². The van der Waals surface area contributed by atoms with Gasteiger partial charge >= 0.3 is 5.97 Å². The molecule has 0 saturated heterocycles. The molecule has 3 heterocycles. The zero-order valence-corrected chi connectivity index (χ0v) is 11.5. The quantitative estimate of drug-likeness (QED) is 0.593. The molecule has 4 rings (SSSR count). The van der Waals surface area contributed by atoms with Gasteiger partial charge in [-0.15, -0.1) is 11.3 Å². The van der Waals surface area contributed by atoms with Gasteiger partial charge in [0.15, 0.2) is 5.65 Å². The van der Waals surface area contributed by atoms with Crippen LogP contribution in [0.25, 0.3) is 32.2 Å². The standard InChI is InChI=1S/C15H9N3O2S/c19-15(20)13-11(8-4-2-1-3-5-8)9-6-16-14-10(7-17-18-14)12(9)21-13/h1-7H,(H,19,20)(H,16,17,18). The van der Waals surface area contributed by atoms with E-state index in [1.54, 1.807) is 12.4 Å². The third-order valence-electron chi connectivity index (χ3n) is 3.39. The highest BCUT2D eigenvalue weighted by molar-refractivity contribution is 7.22. The van der Waals surface area contributed by atoms with Gasteiger partial charge in [0.1, 0.15) is 4.88 Å². The summed E-state index contributed by atoms with van der Waals surface area (Å²) in [4.78, 5) is 16.3. The second-order valence-corrected chi connectivity index (χ2v) is 5.63. The molecule has 6 heteroatoms. The molecule has 3 aromatic heterocycles. The predicted molar refractivity (Wildman–Crippen MR) is 81.7 cm³/mol. The zero-order chi connectivity index (χ0) is 14.4. The molecular formula is C15H9N3O2S. The van der Waals surface area contributed by atoms with Gasteiger partial charge in [-0.05, 0) is 5.56 Å². The number of carboxylic acid groups (broad SMARTS) is 1. The third-order valence-corrected chi connectivity index (χ3v) is 4.62. The average Bonchev–Trinajstić information content (AvgIpc) is 3.11. The van der Waals surface area contributed by atoms with E-state index in [1.165, 1.54) is 11.3 Å². The van der Waals surface area contributed by atoms with Crippen molar-refractivity contribution in [2.75, 3.05) is 0 Å². The molecule has 0 radical (unpaired) electrons. The summed E-state index contributed by atoms with van der Waals surface area (Å²) in [6.45, 7) is 0. The van der Waals surface area contributed by atoms with Crippen molar-refractivity contribution in [3.8, 4) is 11.1 Å². The van der Waals surface area contributed by atoms with Crippen LogP contribution < -0.4 is 0 Å². The van der Waals surface area contributed by atoms with Crippen molar-refractivity contribution in [2.24, 2.45) is 0 Å². The zero-order valence-electron chi connectivity index (χ0n) is 10.7. The van der Waals surface area contributed by atoms with Crippen molar-refractivity contribution in [3.05, 3.63) is 47.6 Å². The summed E-state index contributed by atoms with van der Waals surface area (Å²) in [6, 6.07) is 9.52. The van der Waals surface area contributed by atoms with Crippen molar-refractivity contribution < 1.29 is 9.90 Å². The molecule has 4 aromatic rings. The Kier molecular flexibility index (Phi) is 2.52. The second kappa shape index (κ2) is 4.39. The number of H-pyrrole nitrogens is 1. The van der Waals surface area contributed by atoms with Gasteiger partial charge in [0.05, 0.1) is 11.6 Å². The monoisotopic (exact) mass is 295 g/mol. The first-order valence-electron chi connectivity index (χ1n) is 6.29. The van der Waals surface area contributed by atoms with Crippen LogP contribution >= 0.6 is 11.3 Å². The minimum Gasteiger partial charge on any atom is -0.477 e. The van der Waals surface area contributed by atoms with Gasteiger partial charge in [0, 0.05) is 21.8 Å². The Morgan fingerprint density at radius 1 is 1.14 bits per heavy atom. The molecule has 0 amide bonds. The van der Waals surface area contributed by atoms with E-state index in [-0.39, 0.29) is 0 Å². The molecular weight excluding hydrogens is 286 g/mol. The number of carbonyl (C=O) groups is 1. The van der Waals surface area contributed by atoms with Crippen molar-refractivity contribution >= 4 is 38.4 Å². The lowest BCUT2D eigenvalue weighted by Crippen LogP contribution is -1.94. The molecule has 5 nitrogen and oxygen atoms in total. The highest BCUT2D eigenvalue weighted by Gasteiger charge is 2.21. The topological polar surface area (TPSA) is 78.9 Å². The molecule has 0 unspecified atom stereocenters. The van der Waals surface area contributed by atoms with E-state index >= 15 is 0 Å². The van der Waals surface area contributed by atoms with E-state index < -0.39 is 5.97 Å². The maximum Gasteiger partial charge on any atom is 0.346 e. The number of aromatic amines is 1. The summed E-state index contributed by atoms with van der Waals surface area (Å²) in [5.41, 5.74) is 2.27. The molecule has 0 spiro atoms. The van der Waals surface area contributed by atoms with Crippen LogP contribution in [0.5, 0.6) is 0 Å². The van der Waals surface area contributed by atoms with E-state index in [9.17, 15) is 9.90 Å². The smallest absolute Gasteiger partial charge is 0.346 e. The summed E-state index contributed by atoms with van der Waals surface area (Å²) in [5, 5.41) is 18.0. The lowest BCUT2D eigenvalue weighted by molar-refractivity contribution is 0.0703.